The lowest BCUT2D eigenvalue weighted by molar-refractivity contribution is 0.264. The van der Waals surface area contributed by atoms with Gasteiger partial charge in [-0.2, -0.15) is 0 Å². The van der Waals surface area contributed by atoms with Gasteiger partial charge in [0.1, 0.15) is 0 Å². The van der Waals surface area contributed by atoms with Gasteiger partial charge in [-0.1, -0.05) is 27.7 Å². The first-order valence-corrected chi connectivity index (χ1v) is 5.57. The Hall–Kier alpha value is -0.0800. The van der Waals surface area contributed by atoms with E-state index in [-0.39, 0.29) is 0 Å². The van der Waals surface area contributed by atoms with Crippen LogP contribution in [0.2, 0.25) is 0 Å². The second-order valence-electron chi connectivity index (χ2n) is 3.20. The number of hydrogen-bond donors (Lipinski definition) is 0. The predicted octanol–water partition coefficient (Wildman–Crippen LogP) is 2.31. The first-order chi connectivity index (χ1) is 6.20. The largest absolute Gasteiger partial charge is 0.305 e. The highest BCUT2D eigenvalue weighted by Gasteiger charge is 1.97. The highest BCUT2D eigenvalue weighted by Crippen LogP contribution is 1.87. The topological polar surface area (TPSA) is 6.48 Å². The van der Waals surface area contributed by atoms with Gasteiger partial charge in [0.15, 0.2) is 0 Å². The van der Waals surface area contributed by atoms with Crippen molar-refractivity contribution in [2.75, 3.05) is 40.3 Å². The lowest BCUT2D eigenvalue weighted by Gasteiger charge is -2.19. The summed E-state index contributed by atoms with van der Waals surface area (Å²) in [6.45, 7) is 13.2. The minimum atomic E-state index is 1.15. The zero-order valence-corrected chi connectivity index (χ0v) is 10.4. The van der Waals surface area contributed by atoms with Crippen molar-refractivity contribution in [2.45, 2.75) is 34.1 Å². The van der Waals surface area contributed by atoms with E-state index in [0.717, 1.165) is 6.54 Å². The Bertz CT molecular complexity index is 84.2. The Morgan fingerprint density at radius 3 is 1.62 bits per heavy atom. The predicted molar refractivity (Wildman–Crippen MR) is 62.3 cm³/mol. The van der Waals surface area contributed by atoms with Crippen LogP contribution in [0.25, 0.3) is 0 Å². The van der Waals surface area contributed by atoms with Crippen molar-refractivity contribution < 1.29 is 0 Å². The van der Waals surface area contributed by atoms with Crippen molar-refractivity contribution in [1.82, 2.24) is 9.80 Å². The van der Waals surface area contributed by atoms with E-state index >= 15 is 0 Å². The van der Waals surface area contributed by atoms with Crippen LogP contribution in [0, 0.1) is 0 Å². The molecule has 0 atom stereocenters. The Balaban J connectivity index is 0. The normalized spacial score (nSPS) is 10.2. The van der Waals surface area contributed by atoms with E-state index in [0.29, 0.717) is 0 Å². The molecule has 2 heteroatoms. The second-order valence-corrected chi connectivity index (χ2v) is 3.20. The average Bonchev–Trinajstić information content (AvgIpc) is 2.18. The van der Waals surface area contributed by atoms with Crippen LogP contribution in [0.1, 0.15) is 34.1 Å². The van der Waals surface area contributed by atoms with Crippen LogP contribution < -0.4 is 0 Å². The fourth-order valence-electron chi connectivity index (χ4n) is 0.993. The van der Waals surface area contributed by atoms with Crippen LogP contribution in [0.4, 0.5) is 0 Å². The maximum absolute atomic E-state index is 2.38. The molecular formula is C11H28N2. The molecule has 0 bridgehead atoms. The van der Waals surface area contributed by atoms with Crippen molar-refractivity contribution in [1.29, 1.82) is 0 Å². The van der Waals surface area contributed by atoms with Gasteiger partial charge in [-0.25, -0.2) is 0 Å². The van der Waals surface area contributed by atoms with E-state index in [1.807, 2.05) is 13.8 Å². The summed E-state index contributed by atoms with van der Waals surface area (Å²) in [5, 5.41) is 0. The van der Waals surface area contributed by atoms with Crippen molar-refractivity contribution in [2.24, 2.45) is 0 Å². The first-order valence-electron chi connectivity index (χ1n) is 5.57. The molecule has 0 N–H and O–H groups in total. The van der Waals surface area contributed by atoms with Crippen molar-refractivity contribution in [3.63, 3.8) is 0 Å². The molecule has 0 aliphatic heterocycles. The molecule has 0 aromatic carbocycles. The summed E-state index contributed by atoms with van der Waals surface area (Å²) in [5.41, 5.74) is 0. The number of nitrogens with zero attached hydrogens (tertiary/aromatic N) is 2. The molecule has 0 saturated heterocycles. The van der Waals surface area contributed by atoms with Crippen LogP contribution in [0.3, 0.4) is 0 Å². The molecule has 82 valence electrons. The fourth-order valence-corrected chi connectivity index (χ4v) is 0.993. The van der Waals surface area contributed by atoms with E-state index in [1.165, 1.54) is 26.1 Å². The molecule has 0 spiro atoms. The summed E-state index contributed by atoms with van der Waals surface area (Å²) < 4.78 is 0. The maximum atomic E-state index is 2.38. The third kappa shape index (κ3) is 11.9. The van der Waals surface area contributed by atoms with Crippen LogP contribution >= 0.6 is 0 Å². The quantitative estimate of drug-likeness (QED) is 0.631. The van der Waals surface area contributed by atoms with Crippen LogP contribution in [-0.4, -0.2) is 50.1 Å². The molecule has 0 fully saturated rings. The zero-order valence-electron chi connectivity index (χ0n) is 10.4. The summed E-state index contributed by atoms with van der Waals surface area (Å²) in [5.74, 6) is 0. The summed E-state index contributed by atoms with van der Waals surface area (Å²) in [6.07, 6.45) is 1.26. The van der Waals surface area contributed by atoms with E-state index in [4.69, 9.17) is 0 Å². The zero-order chi connectivity index (χ0) is 10.7. The molecule has 0 radical (unpaired) electrons. The third-order valence-electron chi connectivity index (χ3n) is 2.01. The Labute approximate surface area is 84.9 Å². The van der Waals surface area contributed by atoms with Crippen LogP contribution in [0.5, 0.6) is 0 Å². The number of rotatable bonds is 6. The molecule has 0 aliphatic rings. The minimum absolute atomic E-state index is 1.15. The molecule has 0 aromatic rings. The van der Waals surface area contributed by atoms with Gasteiger partial charge in [0, 0.05) is 13.1 Å². The van der Waals surface area contributed by atoms with Gasteiger partial charge in [0.25, 0.3) is 0 Å². The highest BCUT2D eigenvalue weighted by molar-refractivity contribution is 4.54. The van der Waals surface area contributed by atoms with Gasteiger partial charge in [0.2, 0.25) is 0 Å². The SMILES string of the molecule is CC.CCCN(C)CCN(C)CC. The Morgan fingerprint density at radius 2 is 1.23 bits per heavy atom. The maximum Gasteiger partial charge on any atom is 0.0106 e. The van der Waals surface area contributed by atoms with Crippen LogP contribution in [0.15, 0.2) is 0 Å². The second kappa shape index (κ2) is 11.9. The van der Waals surface area contributed by atoms with Gasteiger partial charge in [0.05, 0.1) is 0 Å². The molecule has 0 amide bonds. The Morgan fingerprint density at radius 1 is 0.769 bits per heavy atom. The summed E-state index contributed by atoms with van der Waals surface area (Å²) in [4.78, 5) is 4.72. The molecule has 0 heterocycles. The minimum Gasteiger partial charge on any atom is -0.305 e. The molecule has 0 aliphatic carbocycles. The van der Waals surface area contributed by atoms with Crippen molar-refractivity contribution >= 4 is 0 Å². The van der Waals surface area contributed by atoms with Gasteiger partial charge >= 0.3 is 0 Å². The van der Waals surface area contributed by atoms with E-state index in [2.05, 4.69) is 37.7 Å². The standard InChI is InChI=1S/C9H22N2.C2H6/c1-5-7-11(4)9-8-10(3)6-2;1-2/h5-9H2,1-4H3;1-2H3. The smallest absolute Gasteiger partial charge is 0.0106 e. The molecular weight excluding hydrogens is 160 g/mol. The van der Waals surface area contributed by atoms with Gasteiger partial charge in [-0.3, -0.25) is 0 Å². The first kappa shape index (κ1) is 15.4. The fraction of sp³-hybridized carbons (Fsp3) is 1.00. The number of hydrogen-bond acceptors (Lipinski definition) is 2. The summed E-state index contributed by atoms with van der Waals surface area (Å²) >= 11 is 0. The van der Waals surface area contributed by atoms with Gasteiger partial charge < -0.3 is 9.80 Å². The molecule has 0 rings (SSSR count). The molecule has 2 nitrogen and oxygen atoms in total. The molecule has 0 unspecified atom stereocenters. The van der Waals surface area contributed by atoms with E-state index in [9.17, 15) is 0 Å². The van der Waals surface area contributed by atoms with Crippen molar-refractivity contribution in [3.8, 4) is 0 Å². The van der Waals surface area contributed by atoms with E-state index in [1.54, 1.807) is 0 Å². The monoisotopic (exact) mass is 188 g/mol. The molecule has 0 saturated carbocycles. The Kier molecular flexibility index (Phi) is 14.1. The van der Waals surface area contributed by atoms with E-state index < -0.39 is 0 Å². The lowest BCUT2D eigenvalue weighted by Crippen LogP contribution is -2.31. The molecule has 13 heavy (non-hydrogen) atoms. The lowest BCUT2D eigenvalue weighted by atomic mass is 10.4. The average molecular weight is 188 g/mol. The summed E-state index contributed by atoms with van der Waals surface area (Å²) in [6, 6.07) is 0. The molecule has 0 aromatic heterocycles. The third-order valence-corrected chi connectivity index (χ3v) is 2.01. The summed E-state index contributed by atoms with van der Waals surface area (Å²) in [7, 11) is 4.35. The van der Waals surface area contributed by atoms with Gasteiger partial charge in [-0.05, 0) is 33.6 Å². The number of likely N-dealkylation sites (N-methyl/N-ethyl adjacent to an activating group) is 2. The van der Waals surface area contributed by atoms with Crippen LogP contribution in [-0.2, 0) is 0 Å². The van der Waals surface area contributed by atoms with Gasteiger partial charge in [-0.15, -0.1) is 0 Å². The van der Waals surface area contributed by atoms with Crippen molar-refractivity contribution in [3.05, 3.63) is 0 Å². The highest BCUT2D eigenvalue weighted by atomic mass is 15.2.